The highest BCUT2D eigenvalue weighted by molar-refractivity contribution is 6.32. The van der Waals surface area contributed by atoms with Gasteiger partial charge < -0.3 is 15.4 Å². The van der Waals surface area contributed by atoms with Crippen molar-refractivity contribution in [2.24, 2.45) is 0 Å². The van der Waals surface area contributed by atoms with Crippen LogP contribution >= 0.6 is 23.2 Å². The SMILES string of the molecule is COc1cc(C(=O)Nc2c(C)cc(Cl)cc2C(=O)NC(C)C)n(-c2ncccc2Cl)n1. The lowest BCUT2D eigenvalue weighted by Gasteiger charge is -2.16. The number of hydrogen-bond acceptors (Lipinski definition) is 5. The van der Waals surface area contributed by atoms with E-state index in [1.165, 1.54) is 30.1 Å². The van der Waals surface area contributed by atoms with Crippen LogP contribution in [0, 0.1) is 6.92 Å². The van der Waals surface area contributed by atoms with Crippen LogP contribution in [0.1, 0.15) is 40.3 Å². The first kappa shape index (κ1) is 22.6. The number of aromatic nitrogens is 3. The normalized spacial score (nSPS) is 10.8. The maximum atomic E-state index is 13.2. The van der Waals surface area contributed by atoms with Crippen LogP contribution in [-0.2, 0) is 0 Å². The summed E-state index contributed by atoms with van der Waals surface area (Å²) in [7, 11) is 1.44. The lowest BCUT2D eigenvalue weighted by atomic mass is 10.1. The summed E-state index contributed by atoms with van der Waals surface area (Å²) in [6, 6.07) is 7.85. The first-order chi connectivity index (χ1) is 14.7. The topological polar surface area (TPSA) is 98.1 Å². The Morgan fingerprint density at radius 3 is 2.55 bits per heavy atom. The Hall–Kier alpha value is -3.10. The number of ether oxygens (including phenoxy) is 1. The van der Waals surface area contributed by atoms with Gasteiger partial charge in [-0.1, -0.05) is 23.2 Å². The first-order valence-corrected chi connectivity index (χ1v) is 10.1. The molecule has 0 fully saturated rings. The van der Waals surface area contributed by atoms with Crippen LogP contribution in [-0.4, -0.2) is 39.7 Å². The third-order valence-electron chi connectivity index (χ3n) is 4.27. The zero-order valence-electron chi connectivity index (χ0n) is 17.4. The van der Waals surface area contributed by atoms with Gasteiger partial charge in [-0.15, -0.1) is 5.10 Å². The fourth-order valence-corrected chi connectivity index (χ4v) is 3.40. The van der Waals surface area contributed by atoms with Crippen molar-refractivity contribution >= 4 is 40.7 Å². The molecule has 0 aliphatic heterocycles. The summed E-state index contributed by atoms with van der Waals surface area (Å²) >= 11 is 12.4. The van der Waals surface area contributed by atoms with E-state index >= 15 is 0 Å². The lowest BCUT2D eigenvalue weighted by Crippen LogP contribution is -2.31. The average molecular weight is 462 g/mol. The highest BCUT2D eigenvalue weighted by atomic mass is 35.5. The van der Waals surface area contributed by atoms with Gasteiger partial charge in [-0.05, 0) is 50.6 Å². The number of carbonyl (C=O) groups excluding carboxylic acids is 2. The molecule has 0 unspecified atom stereocenters. The van der Waals surface area contributed by atoms with Gasteiger partial charge in [0, 0.05) is 23.3 Å². The Kier molecular flexibility index (Phi) is 6.82. The van der Waals surface area contributed by atoms with Crippen LogP contribution in [0.3, 0.4) is 0 Å². The highest BCUT2D eigenvalue weighted by Crippen LogP contribution is 2.28. The Bertz CT molecular complexity index is 1140. The van der Waals surface area contributed by atoms with Crippen molar-refractivity contribution in [3.8, 4) is 11.7 Å². The van der Waals surface area contributed by atoms with Crippen LogP contribution in [0.25, 0.3) is 5.82 Å². The summed E-state index contributed by atoms with van der Waals surface area (Å²) in [4.78, 5) is 30.1. The second-order valence-electron chi connectivity index (χ2n) is 7.02. The molecule has 2 N–H and O–H groups in total. The van der Waals surface area contributed by atoms with Gasteiger partial charge in [0.2, 0.25) is 5.88 Å². The molecule has 0 saturated carbocycles. The van der Waals surface area contributed by atoms with E-state index in [0.29, 0.717) is 21.3 Å². The number of amides is 2. The first-order valence-electron chi connectivity index (χ1n) is 9.38. The van der Waals surface area contributed by atoms with Crippen molar-refractivity contribution in [2.75, 3.05) is 12.4 Å². The molecule has 0 radical (unpaired) electrons. The molecule has 0 spiro atoms. The maximum Gasteiger partial charge on any atom is 0.274 e. The largest absolute Gasteiger partial charge is 0.480 e. The third kappa shape index (κ3) is 4.98. The maximum absolute atomic E-state index is 13.2. The van der Waals surface area contributed by atoms with Gasteiger partial charge in [-0.25, -0.2) is 9.67 Å². The third-order valence-corrected chi connectivity index (χ3v) is 4.78. The molecule has 3 aromatic rings. The van der Waals surface area contributed by atoms with E-state index in [-0.39, 0.29) is 34.9 Å². The molecule has 0 bridgehead atoms. The van der Waals surface area contributed by atoms with E-state index in [1.54, 1.807) is 25.1 Å². The Balaban J connectivity index is 2.04. The smallest absolute Gasteiger partial charge is 0.274 e. The molecule has 8 nitrogen and oxygen atoms in total. The van der Waals surface area contributed by atoms with Crippen LogP contribution in [0.5, 0.6) is 5.88 Å². The molecular formula is C21H21Cl2N5O3. The monoisotopic (exact) mass is 461 g/mol. The number of rotatable bonds is 6. The van der Waals surface area contributed by atoms with E-state index in [4.69, 9.17) is 27.9 Å². The van der Waals surface area contributed by atoms with Gasteiger partial charge in [-0.2, -0.15) is 0 Å². The second-order valence-corrected chi connectivity index (χ2v) is 7.86. The van der Waals surface area contributed by atoms with Crippen molar-refractivity contribution in [1.29, 1.82) is 0 Å². The number of benzene rings is 1. The van der Waals surface area contributed by atoms with Gasteiger partial charge >= 0.3 is 0 Å². The number of aryl methyl sites for hydroxylation is 1. The van der Waals surface area contributed by atoms with E-state index in [2.05, 4.69) is 20.7 Å². The van der Waals surface area contributed by atoms with Crippen LogP contribution in [0.2, 0.25) is 10.0 Å². The van der Waals surface area contributed by atoms with Gasteiger partial charge in [0.25, 0.3) is 11.8 Å². The van der Waals surface area contributed by atoms with Crippen molar-refractivity contribution in [3.63, 3.8) is 0 Å². The van der Waals surface area contributed by atoms with Crippen molar-refractivity contribution in [3.05, 3.63) is 63.4 Å². The molecule has 2 heterocycles. The Labute approximate surface area is 189 Å². The summed E-state index contributed by atoms with van der Waals surface area (Å²) in [6.07, 6.45) is 1.54. The van der Waals surface area contributed by atoms with Gasteiger partial charge in [0.15, 0.2) is 5.82 Å². The number of pyridine rings is 1. The molecular weight excluding hydrogens is 441 g/mol. The number of methoxy groups -OCH3 is 1. The predicted octanol–water partition coefficient (Wildman–Crippen LogP) is 4.28. The standard InChI is InChI=1S/C21H21Cl2N5O3/c1-11(2)25-20(29)14-9-13(22)8-12(3)18(14)26-21(30)16-10-17(31-4)27-28(16)19-15(23)6-5-7-24-19/h5-11H,1-4H3,(H,25,29)(H,26,30). The van der Waals surface area contributed by atoms with E-state index in [0.717, 1.165) is 0 Å². The molecule has 162 valence electrons. The minimum Gasteiger partial charge on any atom is -0.480 e. The molecule has 0 aliphatic carbocycles. The number of nitrogens with zero attached hydrogens (tertiary/aromatic N) is 3. The molecule has 2 amide bonds. The minimum atomic E-state index is -0.526. The van der Waals surface area contributed by atoms with Gasteiger partial charge in [-0.3, -0.25) is 9.59 Å². The van der Waals surface area contributed by atoms with E-state index in [1.807, 2.05) is 13.8 Å². The fourth-order valence-electron chi connectivity index (χ4n) is 2.92. The average Bonchev–Trinajstić information content (AvgIpc) is 3.14. The van der Waals surface area contributed by atoms with Crippen molar-refractivity contribution < 1.29 is 14.3 Å². The summed E-state index contributed by atoms with van der Waals surface area (Å²) in [5.41, 5.74) is 1.35. The summed E-state index contributed by atoms with van der Waals surface area (Å²) in [5.74, 6) is -0.406. The summed E-state index contributed by atoms with van der Waals surface area (Å²) < 4.78 is 6.47. The Morgan fingerprint density at radius 2 is 1.90 bits per heavy atom. The molecule has 1 aromatic carbocycles. The summed E-state index contributed by atoms with van der Waals surface area (Å²) in [6.45, 7) is 5.44. The minimum absolute atomic E-state index is 0.0904. The van der Waals surface area contributed by atoms with Gasteiger partial charge in [0.1, 0.15) is 5.69 Å². The zero-order chi connectivity index (χ0) is 22.7. The van der Waals surface area contributed by atoms with Crippen LogP contribution in [0.4, 0.5) is 5.69 Å². The van der Waals surface area contributed by atoms with Crippen molar-refractivity contribution in [1.82, 2.24) is 20.1 Å². The van der Waals surface area contributed by atoms with Crippen LogP contribution < -0.4 is 15.4 Å². The van der Waals surface area contributed by atoms with E-state index in [9.17, 15) is 9.59 Å². The predicted molar refractivity (Wildman–Crippen MR) is 120 cm³/mol. The van der Waals surface area contributed by atoms with Crippen molar-refractivity contribution in [2.45, 2.75) is 26.8 Å². The van der Waals surface area contributed by atoms with E-state index < -0.39 is 5.91 Å². The molecule has 31 heavy (non-hydrogen) atoms. The number of halogens is 2. The number of carbonyl (C=O) groups is 2. The molecule has 3 rings (SSSR count). The lowest BCUT2D eigenvalue weighted by molar-refractivity contribution is 0.0944. The number of anilines is 1. The highest BCUT2D eigenvalue weighted by Gasteiger charge is 2.23. The zero-order valence-corrected chi connectivity index (χ0v) is 18.9. The van der Waals surface area contributed by atoms with Gasteiger partial charge in [0.05, 0.1) is 23.4 Å². The summed E-state index contributed by atoms with van der Waals surface area (Å²) in [5, 5.41) is 10.5. The molecule has 2 aromatic heterocycles. The number of hydrogen-bond donors (Lipinski definition) is 2. The second kappa shape index (κ2) is 9.36. The molecule has 0 aliphatic rings. The fraction of sp³-hybridized carbons (Fsp3) is 0.238. The number of nitrogens with one attached hydrogen (secondary N) is 2. The van der Waals surface area contributed by atoms with Crippen LogP contribution in [0.15, 0.2) is 36.5 Å². The molecule has 10 heteroatoms. The molecule has 0 atom stereocenters. The molecule has 0 saturated heterocycles. The Morgan fingerprint density at radius 1 is 1.16 bits per heavy atom. The quantitative estimate of drug-likeness (QED) is 0.570.